The zero-order valence-electron chi connectivity index (χ0n) is 21.2. The van der Waals surface area contributed by atoms with Crippen molar-refractivity contribution in [1.29, 1.82) is 0 Å². The fraction of sp³-hybridized carbons (Fsp3) is 0.310. The molecule has 1 fully saturated rings. The van der Waals surface area contributed by atoms with Gasteiger partial charge in [0, 0.05) is 17.7 Å². The largest absolute Gasteiger partial charge is 0.507 e. The van der Waals surface area contributed by atoms with E-state index in [9.17, 15) is 14.7 Å². The van der Waals surface area contributed by atoms with E-state index in [-0.39, 0.29) is 23.3 Å². The molecule has 1 aliphatic heterocycles. The van der Waals surface area contributed by atoms with Gasteiger partial charge in [-0.15, -0.1) is 0 Å². The average Bonchev–Trinajstić information content (AvgIpc) is 3.47. The van der Waals surface area contributed by atoms with Crippen molar-refractivity contribution in [3.8, 4) is 11.5 Å². The number of aliphatic hydroxyl groups excluding tert-OH is 1. The van der Waals surface area contributed by atoms with Crippen molar-refractivity contribution >= 4 is 17.4 Å². The van der Waals surface area contributed by atoms with Crippen LogP contribution in [0.2, 0.25) is 0 Å². The van der Waals surface area contributed by atoms with Crippen LogP contribution in [0.1, 0.15) is 56.2 Å². The summed E-state index contributed by atoms with van der Waals surface area (Å²) in [5, 5.41) is 11.4. The second-order valence-corrected chi connectivity index (χ2v) is 9.68. The fourth-order valence-corrected chi connectivity index (χ4v) is 4.41. The Balaban J connectivity index is 1.82. The minimum absolute atomic E-state index is 0.00696. The third-order valence-electron chi connectivity index (χ3n) is 6.23. The number of methoxy groups -OCH3 is 1. The van der Waals surface area contributed by atoms with E-state index in [4.69, 9.17) is 13.9 Å². The van der Waals surface area contributed by atoms with Crippen molar-refractivity contribution in [1.82, 2.24) is 4.90 Å². The number of rotatable bonds is 7. The minimum Gasteiger partial charge on any atom is -0.507 e. The first-order chi connectivity index (χ1) is 17.2. The van der Waals surface area contributed by atoms with Gasteiger partial charge in [0.2, 0.25) is 0 Å². The number of nitrogens with zero attached hydrogens (tertiary/aromatic N) is 1. The fourth-order valence-electron chi connectivity index (χ4n) is 4.41. The number of hydrogen-bond donors (Lipinski definition) is 1. The molecule has 1 atom stereocenters. The molecule has 1 unspecified atom stereocenters. The monoisotopic (exact) mass is 489 g/mol. The van der Waals surface area contributed by atoms with Crippen LogP contribution in [-0.4, -0.2) is 35.4 Å². The van der Waals surface area contributed by atoms with Crippen molar-refractivity contribution in [2.24, 2.45) is 0 Å². The maximum Gasteiger partial charge on any atom is 0.296 e. The molecule has 1 aliphatic rings. The summed E-state index contributed by atoms with van der Waals surface area (Å²) >= 11 is 0. The van der Waals surface area contributed by atoms with E-state index < -0.39 is 17.7 Å². The normalized spacial score (nSPS) is 17.5. The molecule has 36 heavy (non-hydrogen) atoms. The zero-order chi connectivity index (χ0) is 26.0. The lowest BCUT2D eigenvalue weighted by atomic mass is 9.84. The van der Waals surface area contributed by atoms with Crippen LogP contribution in [0.4, 0.5) is 0 Å². The summed E-state index contributed by atoms with van der Waals surface area (Å²) in [7, 11) is 1.58. The van der Waals surface area contributed by atoms with Gasteiger partial charge in [0.15, 0.2) is 0 Å². The van der Waals surface area contributed by atoms with Crippen LogP contribution < -0.4 is 9.47 Å². The van der Waals surface area contributed by atoms with E-state index in [0.29, 0.717) is 29.4 Å². The standard InChI is InChI=1S/C29H31NO6/c1-6-35-22-14-11-19(16-21(22)29(2,3)4)26(31)24-25(23-8-7-15-36-23)30(28(33)27(24)32)17-18-9-12-20(34-5)13-10-18/h7-16,25,31H,6,17H2,1-5H3/b26-24-. The molecule has 3 aromatic rings. The molecule has 7 nitrogen and oxygen atoms in total. The molecule has 2 heterocycles. The Morgan fingerprint density at radius 3 is 2.39 bits per heavy atom. The van der Waals surface area contributed by atoms with Gasteiger partial charge in [-0.3, -0.25) is 9.59 Å². The highest BCUT2D eigenvalue weighted by atomic mass is 16.5. The third-order valence-corrected chi connectivity index (χ3v) is 6.23. The smallest absolute Gasteiger partial charge is 0.296 e. The molecule has 4 rings (SSSR count). The molecule has 1 amide bonds. The number of ketones is 1. The second kappa shape index (κ2) is 9.93. The number of benzene rings is 2. The van der Waals surface area contributed by atoms with Crippen LogP contribution >= 0.6 is 0 Å². The highest BCUT2D eigenvalue weighted by molar-refractivity contribution is 6.46. The average molecular weight is 490 g/mol. The Hall–Kier alpha value is -4.00. The molecule has 2 aromatic carbocycles. The molecule has 0 bridgehead atoms. The predicted molar refractivity (Wildman–Crippen MR) is 136 cm³/mol. The van der Waals surface area contributed by atoms with Crippen molar-refractivity contribution in [2.75, 3.05) is 13.7 Å². The number of ether oxygens (including phenoxy) is 2. The van der Waals surface area contributed by atoms with Crippen molar-refractivity contribution in [3.63, 3.8) is 0 Å². The van der Waals surface area contributed by atoms with Crippen LogP contribution in [0.15, 0.2) is 70.9 Å². The maximum absolute atomic E-state index is 13.3. The summed E-state index contributed by atoms with van der Waals surface area (Å²) in [4.78, 5) is 27.9. The molecule has 0 spiro atoms. The van der Waals surface area contributed by atoms with E-state index in [2.05, 4.69) is 0 Å². The van der Waals surface area contributed by atoms with E-state index in [1.807, 2.05) is 45.9 Å². The summed E-state index contributed by atoms with van der Waals surface area (Å²) in [5.74, 6) is 0.0914. The molecular weight excluding hydrogens is 458 g/mol. The van der Waals surface area contributed by atoms with Gasteiger partial charge in [-0.25, -0.2) is 0 Å². The van der Waals surface area contributed by atoms with Gasteiger partial charge in [0.05, 0.1) is 25.6 Å². The van der Waals surface area contributed by atoms with Crippen molar-refractivity contribution in [3.05, 3.63) is 88.9 Å². The van der Waals surface area contributed by atoms with Gasteiger partial charge in [-0.05, 0) is 60.4 Å². The number of amides is 1. The van der Waals surface area contributed by atoms with Crippen LogP contribution in [0.5, 0.6) is 11.5 Å². The molecule has 7 heteroatoms. The molecule has 1 N–H and O–H groups in total. The topological polar surface area (TPSA) is 89.2 Å². The molecule has 0 aliphatic carbocycles. The molecule has 188 valence electrons. The maximum atomic E-state index is 13.3. The van der Waals surface area contributed by atoms with E-state index in [1.54, 1.807) is 43.5 Å². The zero-order valence-corrected chi connectivity index (χ0v) is 21.2. The van der Waals surface area contributed by atoms with Crippen molar-refractivity contribution in [2.45, 2.75) is 45.7 Å². The molecular formula is C29H31NO6. The lowest BCUT2D eigenvalue weighted by Gasteiger charge is -2.25. The lowest BCUT2D eigenvalue weighted by molar-refractivity contribution is -0.140. The number of Topliss-reactive ketones (excluding diaryl/α,β-unsaturated/α-hetero) is 1. The number of likely N-dealkylation sites (tertiary alicyclic amines) is 1. The van der Waals surface area contributed by atoms with E-state index >= 15 is 0 Å². The second-order valence-electron chi connectivity index (χ2n) is 9.68. The van der Waals surface area contributed by atoms with Gasteiger partial charge >= 0.3 is 0 Å². The third kappa shape index (κ3) is 4.73. The SMILES string of the molecule is CCOc1ccc(/C(O)=C2/C(=O)C(=O)N(Cc3ccc(OC)cc3)C2c2ccco2)cc1C(C)(C)C. The van der Waals surface area contributed by atoms with E-state index in [0.717, 1.165) is 11.1 Å². The molecule has 0 radical (unpaired) electrons. The van der Waals surface area contributed by atoms with Gasteiger partial charge in [-0.2, -0.15) is 0 Å². The first-order valence-corrected chi connectivity index (χ1v) is 11.9. The van der Waals surface area contributed by atoms with Gasteiger partial charge in [-0.1, -0.05) is 32.9 Å². The highest BCUT2D eigenvalue weighted by Gasteiger charge is 2.47. The number of aliphatic hydroxyl groups is 1. The summed E-state index contributed by atoms with van der Waals surface area (Å²) in [6, 6.07) is 15.1. The first-order valence-electron chi connectivity index (χ1n) is 11.9. The molecule has 1 saturated heterocycles. The number of carbonyl (C=O) groups is 2. The minimum atomic E-state index is -0.869. The first kappa shape index (κ1) is 25.1. The highest BCUT2D eigenvalue weighted by Crippen LogP contribution is 2.42. The lowest BCUT2D eigenvalue weighted by Crippen LogP contribution is -2.29. The number of carbonyl (C=O) groups excluding carboxylic acids is 2. The summed E-state index contributed by atoms with van der Waals surface area (Å²) in [5.41, 5.74) is 1.84. The van der Waals surface area contributed by atoms with E-state index in [1.165, 1.54) is 11.2 Å². The number of furan rings is 1. The van der Waals surface area contributed by atoms with Gasteiger partial charge < -0.3 is 23.9 Å². The Kier molecular flexibility index (Phi) is 6.93. The van der Waals surface area contributed by atoms with Gasteiger partial charge in [0.1, 0.15) is 29.1 Å². The molecule has 0 saturated carbocycles. The van der Waals surface area contributed by atoms with Gasteiger partial charge in [0.25, 0.3) is 11.7 Å². The summed E-state index contributed by atoms with van der Waals surface area (Å²) in [6.07, 6.45) is 1.48. The Bertz CT molecular complexity index is 1280. The Labute approximate surface area is 210 Å². The molecule has 1 aromatic heterocycles. The van der Waals surface area contributed by atoms with Crippen LogP contribution in [0, 0.1) is 0 Å². The van der Waals surface area contributed by atoms with Crippen LogP contribution in [0.25, 0.3) is 5.76 Å². The summed E-state index contributed by atoms with van der Waals surface area (Å²) < 4.78 is 16.6. The van der Waals surface area contributed by atoms with Crippen LogP contribution in [-0.2, 0) is 21.5 Å². The number of hydrogen-bond acceptors (Lipinski definition) is 6. The van der Waals surface area contributed by atoms with Crippen LogP contribution in [0.3, 0.4) is 0 Å². The Morgan fingerprint density at radius 2 is 1.81 bits per heavy atom. The Morgan fingerprint density at radius 1 is 1.08 bits per heavy atom. The van der Waals surface area contributed by atoms with Crippen molar-refractivity contribution < 1.29 is 28.6 Å². The predicted octanol–water partition coefficient (Wildman–Crippen LogP) is 5.61. The quantitative estimate of drug-likeness (QED) is 0.264. The summed E-state index contributed by atoms with van der Waals surface area (Å²) in [6.45, 7) is 8.71.